The van der Waals surface area contributed by atoms with Gasteiger partial charge in [0.15, 0.2) is 0 Å². The van der Waals surface area contributed by atoms with Crippen LogP contribution in [0, 0.1) is 6.92 Å². The van der Waals surface area contributed by atoms with Gasteiger partial charge in [0, 0.05) is 10.5 Å². The van der Waals surface area contributed by atoms with Crippen molar-refractivity contribution >= 4 is 34.7 Å². The number of benzene rings is 2. The Labute approximate surface area is 127 Å². The number of aryl methyl sites for hydroxylation is 1. The molecule has 106 valence electrons. The summed E-state index contributed by atoms with van der Waals surface area (Å²) in [5, 5.41) is 2.82. The summed E-state index contributed by atoms with van der Waals surface area (Å²) in [5.41, 5.74) is 3.36. The number of hydrogen-bond acceptors (Lipinski definition) is 3. The summed E-state index contributed by atoms with van der Waals surface area (Å²) in [6, 6.07) is 13.5. The number of aromatic amines is 1. The van der Waals surface area contributed by atoms with Gasteiger partial charge in [-0.3, -0.25) is 10.1 Å². The molecule has 3 aromatic rings. The van der Waals surface area contributed by atoms with Gasteiger partial charge >= 0.3 is 0 Å². The summed E-state index contributed by atoms with van der Waals surface area (Å²) < 4.78 is 0. The van der Waals surface area contributed by atoms with Crippen molar-refractivity contribution in [1.29, 1.82) is 0 Å². The van der Waals surface area contributed by atoms with Crippen molar-refractivity contribution < 1.29 is 4.79 Å². The number of nitrogens with one attached hydrogen (secondary N) is 2. The van der Waals surface area contributed by atoms with Gasteiger partial charge in [-0.2, -0.15) is 0 Å². The molecule has 0 saturated carbocycles. The lowest BCUT2D eigenvalue weighted by Crippen LogP contribution is -2.14. The minimum atomic E-state index is -0.151. The van der Waals surface area contributed by atoms with E-state index in [1.165, 1.54) is 0 Å². The Balaban J connectivity index is 1.89. The highest BCUT2D eigenvalue weighted by Crippen LogP contribution is 2.20. The van der Waals surface area contributed by atoms with Crippen LogP contribution in [0.25, 0.3) is 11.0 Å². The summed E-state index contributed by atoms with van der Waals surface area (Å²) in [7, 11) is 0. The lowest BCUT2D eigenvalue weighted by molar-refractivity contribution is 0.102. The zero-order chi connectivity index (χ0) is 14.8. The minimum absolute atomic E-state index is 0.151. The Hall–Kier alpha value is -2.27. The molecule has 0 atom stereocenters. The number of rotatable bonds is 3. The van der Waals surface area contributed by atoms with Crippen LogP contribution in [-0.2, 0) is 0 Å². The van der Waals surface area contributed by atoms with Crippen LogP contribution >= 0.6 is 11.8 Å². The molecule has 1 heterocycles. The highest BCUT2D eigenvalue weighted by atomic mass is 32.2. The largest absolute Gasteiger partial charge is 0.324 e. The Bertz CT molecular complexity index is 777. The van der Waals surface area contributed by atoms with Gasteiger partial charge in [-0.1, -0.05) is 18.2 Å². The van der Waals surface area contributed by atoms with Gasteiger partial charge in [0.25, 0.3) is 5.91 Å². The standard InChI is InChI=1S/C16H15N3OS/c1-10-7-8-11(21-2)9-12(10)15(20)19-16-17-13-5-3-4-6-14(13)18-16/h3-9H,1-2H3,(H2,17,18,19,20). The molecule has 0 aliphatic heterocycles. The first-order valence-electron chi connectivity index (χ1n) is 6.58. The van der Waals surface area contributed by atoms with Crippen LogP contribution in [-0.4, -0.2) is 22.1 Å². The van der Waals surface area contributed by atoms with E-state index in [4.69, 9.17) is 0 Å². The van der Waals surface area contributed by atoms with Crippen LogP contribution in [0.4, 0.5) is 5.95 Å². The highest BCUT2D eigenvalue weighted by Gasteiger charge is 2.12. The van der Waals surface area contributed by atoms with Gasteiger partial charge < -0.3 is 4.98 Å². The normalized spacial score (nSPS) is 10.8. The zero-order valence-corrected chi connectivity index (χ0v) is 12.6. The molecule has 1 amide bonds. The number of imidazole rings is 1. The quantitative estimate of drug-likeness (QED) is 0.722. The third-order valence-electron chi connectivity index (χ3n) is 3.31. The van der Waals surface area contributed by atoms with E-state index in [1.54, 1.807) is 11.8 Å². The van der Waals surface area contributed by atoms with Crippen LogP contribution in [0.2, 0.25) is 0 Å². The molecule has 5 heteroatoms. The molecule has 0 spiro atoms. The van der Waals surface area contributed by atoms with Crippen LogP contribution in [0.1, 0.15) is 15.9 Å². The predicted octanol–water partition coefficient (Wildman–Crippen LogP) is 3.85. The Morgan fingerprint density at radius 3 is 2.81 bits per heavy atom. The second-order valence-corrected chi connectivity index (χ2v) is 5.62. The summed E-state index contributed by atoms with van der Waals surface area (Å²) in [5.74, 6) is 0.317. The number of H-pyrrole nitrogens is 1. The lowest BCUT2D eigenvalue weighted by atomic mass is 10.1. The Morgan fingerprint density at radius 2 is 2.05 bits per heavy atom. The first-order chi connectivity index (χ1) is 10.2. The molecular weight excluding hydrogens is 282 g/mol. The number of aromatic nitrogens is 2. The van der Waals surface area contributed by atoms with Gasteiger partial charge in [0.2, 0.25) is 5.95 Å². The number of carbonyl (C=O) groups is 1. The van der Waals surface area contributed by atoms with Crippen LogP contribution in [0.5, 0.6) is 0 Å². The summed E-state index contributed by atoms with van der Waals surface area (Å²) in [6.45, 7) is 1.93. The summed E-state index contributed by atoms with van der Waals surface area (Å²) >= 11 is 1.62. The van der Waals surface area contributed by atoms with Crippen molar-refractivity contribution in [2.45, 2.75) is 11.8 Å². The van der Waals surface area contributed by atoms with E-state index >= 15 is 0 Å². The maximum atomic E-state index is 12.4. The van der Waals surface area contributed by atoms with E-state index in [1.807, 2.05) is 55.6 Å². The van der Waals surface area contributed by atoms with E-state index < -0.39 is 0 Å². The van der Waals surface area contributed by atoms with E-state index in [2.05, 4.69) is 15.3 Å². The number of para-hydroxylation sites is 2. The second kappa shape index (κ2) is 5.61. The first-order valence-corrected chi connectivity index (χ1v) is 7.80. The third kappa shape index (κ3) is 2.78. The fraction of sp³-hybridized carbons (Fsp3) is 0.125. The number of thioether (sulfide) groups is 1. The molecule has 0 radical (unpaired) electrons. The van der Waals surface area contributed by atoms with Crippen LogP contribution in [0.15, 0.2) is 47.4 Å². The average molecular weight is 297 g/mol. The van der Waals surface area contributed by atoms with Gasteiger partial charge in [0.1, 0.15) is 0 Å². The molecule has 3 rings (SSSR count). The van der Waals surface area contributed by atoms with Crippen molar-refractivity contribution in [2.24, 2.45) is 0 Å². The third-order valence-corrected chi connectivity index (χ3v) is 4.04. The Kier molecular flexibility index (Phi) is 3.66. The van der Waals surface area contributed by atoms with Crippen LogP contribution < -0.4 is 5.32 Å². The SMILES string of the molecule is CSc1ccc(C)c(C(=O)Nc2nc3ccccc3[nH]2)c1. The topological polar surface area (TPSA) is 57.8 Å². The van der Waals surface area contributed by atoms with Gasteiger partial charge in [-0.15, -0.1) is 11.8 Å². The zero-order valence-electron chi connectivity index (χ0n) is 11.8. The van der Waals surface area contributed by atoms with Crippen molar-refractivity contribution in [2.75, 3.05) is 11.6 Å². The fourth-order valence-electron chi connectivity index (χ4n) is 2.16. The summed E-state index contributed by atoms with van der Waals surface area (Å²) in [6.07, 6.45) is 1.99. The molecule has 1 aromatic heterocycles. The molecular formula is C16H15N3OS. The number of carbonyl (C=O) groups excluding carboxylic acids is 1. The minimum Gasteiger partial charge on any atom is -0.324 e. The average Bonchev–Trinajstić information content (AvgIpc) is 2.89. The molecule has 0 aliphatic rings. The molecule has 0 bridgehead atoms. The molecule has 4 nitrogen and oxygen atoms in total. The monoisotopic (exact) mass is 297 g/mol. The maximum absolute atomic E-state index is 12.4. The number of hydrogen-bond donors (Lipinski definition) is 2. The molecule has 0 aliphatic carbocycles. The second-order valence-electron chi connectivity index (χ2n) is 4.74. The van der Waals surface area contributed by atoms with E-state index in [0.717, 1.165) is 21.5 Å². The molecule has 2 N–H and O–H groups in total. The van der Waals surface area contributed by atoms with Gasteiger partial charge in [-0.05, 0) is 43.0 Å². The number of anilines is 1. The van der Waals surface area contributed by atoms with Crippen molar-refractivity contribution in [1.82, 2.24) is 9.97 Å². The van der Waals surface area contributed by atoms with Gasteiger partial charge in [-0.25, -0.2) is 4.98 Å². The van der Waals surface area contributed by atoms with E-state index in [-0.39, 0.29) is 5.91 Å². The number of amides is 1. The smallest absolute Gasteiger partial charge is 0.258 e. The highest BCUT2D eigenvalue weighted by molar-refractivity contribution is 7.98. The predicted molar refractivity (Wildman–Crippen MR) is 87.0 cm³/mol. The molecule has 0 saturated heterocycles. The Morgan fingerprint density at radius 1 is 1.24 bits per heavy atom. The van der Waals surface area contributed by atoms with Crippen molar-refractivity contribution in [3.05, 3.63) is 53.6 Å². The number of nitrogens with zero attached hydrogens (tertiary/aromatic N) is 1. The maximum Gasteiger partial charge on any atom is 0.258 e. The first kappa shape index (κ1) is 13.7. The number of fused-ring (bicyclic) bond motifs is 1. The molecule has 0 unspecified atom stereocenters. The molecule has 0 fully saturated rings. The molecule has 2 aromatic carbocycles. The van der Waals surface area contributed by atoms with Crippen molar-refractivity contribution in [3.63, 3.8) is 0 Å². The fourth-order valence-corrected chi connectivity index (χ4v) is 2.60. The van der Waals surface area contributed by atoms with E-state index in [0.29, 0.717) is 11.5 Å². The molecule has 21 heavy (non-hydrogen) atoms. The lowest BCUT2D eigenvalue weighted by Gasteiger charge is -2.07. The van der Waals surface area contributed by atoms with Crippen molar-refractivity contribution in [3.8, 4) is 0 Å². The summed E-state index contributed by atoms with van der Waals surface area (Å²) in [4.78, 5) is 20.9. The van der Waals surface area contributed by atoms with E-state index in [9.17, 15) is 4.79 Å². The van der Waals surface area contributed by atoms with Crippen LogP contribution in [0.3, 0.4) is 0 Å². The van der Waals surface area contributed by atoms with Gasteiger partial charge in [0.05, 0.1) is 11.0 Å².